The molecule has 2 atom stereocenters. The molecule has 2 aromatic carbocycles. The molecule has 8 heteroatoms. The van der Waals surface area contributed by atoms with Gasteiger partial charge in [-0.15, -0.1) is 0 Å². The molecule has 23 heavy (non-hydrogen) atoms. The van der Waals surface area contributed by atoms with Gasteiger partial charge in [0.2, 0.25) is 5.91 Å². The molecule has 0 saturated carbocycles. The summed E-state index contributed by atoms with van der Waals surface area (Å²) in [6, 6.07) is 12.8. The molecule has 1 aliphatic rings. The number of hydrogen-bond donors (Lipinski definition) is 5. The quantitative estimate of drug-likeness (QED) is 0.561. The van der Waals surface area contributed by atoms with Crippen molar-refractivity contribution in [3.63, 3.8) is 0 Å². The fourth-order valence-corrected chi connectivity index (χ4v) is 2.61. The molecule has 1 aliphatic heterocycles. The number of hydrazine groups is 2. The molecule has 5 N–H and O–H groups in total. The second kappa shape index (κ2) is 7.05. The van der Waals surface area contributed by atoms with Crippen molar-refractivity contribution < 1.29 is 9.18 Å². The lowest BCUT2D eigenvalue weighted by molar-refractivity contribution is -0.118. The lowest BCUT2D eigenvalue weighted by atomic mass is 10.2. The first-order valence-electron chi connectivity index (χ1n) is 6.97. The van der Waals surface area contributed by atoms with Gasteiger partial charge in [0, 0.05) is 10.2 Å². The Balaban J connectivity index is 1.69. The molecule has 0 aliphatic carbocycles. The highest BCUT2D eigenvalue weighted by molar-refractivity contribution is 9.10. The smallest absolute Gasteiger partial charge is 0.246 e. The number of halogens is 2. The maximum absolute atomic E-state index is 13.3. The predicted octanol–water partition coefficient (Wildman–Crippen LogP) is 1.95. The normalized spacial score (nSPS) is 20.3. The van der Waals surface area contributed by atoms with E-state index < -0.39 is 12.2 Å². The minimum atomic E-state index is -0.592. The molecule has 120 valence electrons. The van der Waals surface area contributed by atoms with E-state index in [1.54, 1.807) is 18.2 Å². The van der Waals surface area contributed by atoms with Gasteiger partial charge in [-0.2, -0.15) is 5.53 Å². The summed E-state index contributed by atoms with van der Waals surface area (Å²) in [6.45, 7) is 0. The minimum Gasteiger partial charge on any atom is -0.367 e. The van der Waals surface area contributed by atoms with E-state index in [0.717, 1.165) is 4.47 Å². The van der Waals surface area contributed by atoms with Crippen LogP contribution < -0.4 is 27.0 Å². The molecule has 1 fully saturated rings. The van der Waals surface area contributed by atoms with Crippen LogP contribution in [0.15, 0.2) is 53.0 Å². The van der Waals surface area contributed by atoms with Crippen molar-refractivity contribution in [1.29, 1.82) is 0 Å². The van der Waals surface area contributed by atoms with Crippen LogP contribution in [0.25, 0.3) is 0 Å². The number of anilines is 2. The number of para-hydroxylation sites is 1. The number of amides is 1. The molecule has 0 bridgehead atoms. The van der Waals surface area contributed by atoms with Crippen LogP contribution in [0.1, 0.15) is 0 Å². The van der Waals surface area contributed by atoms with Crippen LogP contribution in [0.5, 0.6) is 0 Å². The van der Waals surface area contributed by atoms with Crippen LogP contribution in [0.4, 0.5) is 15.8 Å². The molecule has 0 spiro atoms. The monoisotopic (exact) mass is 379 g/mol. The predicted molar refractivity (Wildman–Crippen MR) is 89.8 cm³/mol. The number of nitrogens with one attached hydrogen (secondary N) is 5. The molecule has 2 aromatic rings. The Kier molecular flexibility index (Phi) is 4.87. The zero-order chi connectivity index (χ0) is 16.2. The third-order valence-electron chi connectivity index (χ3n) is 3.35. The molecule has 1 heterocycles. The summed E-state index contributed by atoms with van der Waals surface area (Å²) in [5, 5.41) is 5.90. The van der Waals surface area contributed by atoms with Crippen LogP contribution in [-0.4, -0.2) is 18.1 Å². The Labute approximate surface area is 140 Å². The molecular weight excluding hydrogens is 365 g/mol. The molecule has 3 rings (SSSR count). The molecule has 0 aromatic heterocycles. The Morgan fingerprint density at radius 2 is 1.96 bits per heavy atom. The van der Waals surface area contributed by atoms with Crippen molar-refractivity contribution in [3.05, 3.63) is 58.8 Å². The first kappa shape index (κ1) is 15.9. The zero-order valence-electron chi connectivity index (χ0n) is 11.9. The highest BCUT2D eigenvalue weighted by Crippen LogP contribution is 2.21. The van der Waals surface area contributed by atoms with E-state index in [-0.39, 0.29) is 11.7 Å². The molecule has 1 amide bonds. The Morgan fingerprint density at radius 3 is 2.74 bits per heavy atom. The van der Waals surface area contributed by atoms with Crippen LogP contribution >= 0.6 is 15.9 Å². The molecule has 1 saturated heterocycles. The van der Waals surface area contributed by atoms with Gasteiger partial charge in [-0.3, -0.25) is 4.79 Å². The minimum absolute atomic E-state index is 0.233. The summed E-state index contributed by atoms with van der Waals surface area (Å²) in [4.78, 5) is 12.4. The highest BCUT2D eigenvalue weighted by Gasteiger charge is 2.33. The Bertz CT molecular complexity index is 714. The molecular formula is C15H15BrFN5O. The molecule has 2 unspecified atom stereocenters. The van der Waals surface area contributed by atoms with E-state index >= 15 is 0 Å². The lowest BCUT2D eigenvalue weighted by Crippen LogP contribution is -2.48. The number of hydrogen-bond acceptors (Lipinski definition) is 5. The summed E-state index contributed by atoms with van der Waals surface area (Å²) in [6.07, 6.45) is -0.445. The Morgan fingerprint density at radius 1 is 1.13 bits per heavy atom. The summed E-state index contributed by atoms with van der Waals surface area (Å²) >= 11 is 3.39. The molecule has 6 nitrogen and oxygen atoms in total. The van der Waals surface area contributed by atoms with Gasteiger partial charge in [-0.25, -0.2) is 15.2 Å². The summed E-state index contributed by atoms with van der Waals surface area (Å²) < 4.78 is 14.0. The van der Waals surface area contributed by atoms with Gasteiger partial charge in [0.25, 0.3) is 0 Å². The summed E-state index contributed by atoms with van der Waals surface area (Å²) in [7, 11) is 0. The summed E-state index contributed by atoms with van der Waals surface area (Å²) in [5.74, 6) is -0.577. The van der Waals surface area contributed by atoms with Gasteiger partial charge >= 0.3 is 0 Å². The van der Waals surface area contributed by atoms with Gasteiger partial charge in [0.1, 0.15) is 18.0 Å². The topological polar surface area (TPSA) is 77.2 Å². The average molecular weight is 380 g/mol. The van der Waals surface area contributed by atoms with E-state index in [1.807, 2.05) is 18.2 Å². The van der Waals surface area contributed by atoms with Crippen molar-refractivity contribution in [2.45, 2.75) is 12.2 Å². The lowest BCUT2D eigenvalue weighted by Gasteiger charge is -2.20. The van der Waals surface area contributed by atoms with Gasteiger partial charge in [0.05, 0.1) is 5.69 Å². The Hall–Kier alpha value is -2.00. The van der Waals surface area contributed by atoms with E-state index in [0.29, 0.717) is 11.4 Å². The second-order valence-corrected chi connectivity index (χ2v) is 5.85. The standard InChI is InChI=1S/C15H15BrFN5O/c16-11-6-1-2-7-12(11)19-15(23)13-14(21-22-20-13)18-10-5-3-4-9(17)8-10/h1-8,13-14,18,20-22H,(H,19,23). The number of rotatable bonds is 4. The third kappa shape index (κ3) is 3.85. The highest BCUT2D eigenvalue weighted by atomic mass is 79.9. The third-order valence-corrected chi connectivity index (χ3v) is 4.04. The van der Waals surface area contributed by atoms with Gasteiger partial charge in [-0.05, 0) is 46.3 Å². The van der Waals surface area contributed by atoms with E-state index in [2.05, 4.69) is 42.9 Å². The number of carbonyl (C=O) groups excluding carboxylic acids is 1. The largest absolute Gasteiger partial charge is 0.367 e. The first-order chi connectivity index (χ1) is 11.1. The first-order valence-corrected chi connectivity index (χ1v) is 7.76. The summed E-state index contributed by atoms with van der Waals surface area (Å²) in [5.41, 5.74) is 9.69. The van der Waals surface area contributed by atoms with Crippen molar-refractivity contribution in [3.8, 4) is 0 Å². The van der Waals surface area contributed by atoms with Crippen LogP contribution in [-0.2, 0) is 4.79 Å². The zero-order valence-corrected chi connectivity index (χ0v) is 13.5. The van der Waals surface area contributed by atoms with Crippen molar-refractivity contribution >= 4 is 33.2 Å². The second-order valence-electron chi connectivity index (χ2n) is 4.99. The van der Waals surface area contributed by atoms with Crippen molar-refractivity contribution in [2.24, 2.45) is 0 Å². The van der Waals surface area contributed by atoms with E-state index in [1.165, 1.54) is 12.1 Å². The van der Waals surface area contributed by atoms with Crippen LogP contribution in [0.3, 0.4) is 0 Å². The molecule has 0 radical (unpaired) electrons. The van der Waals surface area contributed by atoms with Crippen LogP contribution in [0, 0.1) is 5.82 Å². The number of benzene rings is 2. The van der Waals surface area contributed by atoms with Crippen LogP contribution in [0.2, 0.25) is 0 Å². The SMILES string of the molecule is O=C(Nc1ccccc1Br)C1NNNC1Nc1cccc(F)c1. The van der Waals surface area contributed by atoms with Gasteiger partial charge in [-0.1, -0.05) is 18.2 Å². The maximum atomic E-state index is 13.3. The fraction of sp³-hybridized carbons (Fsp3) is 0.133. The van der Waals surface area contributed by atoms with E-state index in [9.17, 15) is 9.18 Å². The average Bonchev–Trinajstić information content (AvgIpc) is 2.98. The number of carbonyl (C=O) groups is 1. The fourth-order valence-electron chi connectivity index (χ4n) is 2.23. The maximum Gasteiger partial charge on any atom is 0.246 e. The van der Waals surface area contributed by atoms with Gasteiger partial charge in [0.15, 0.2) is 0 Å². The van der Waals surface area contributed by atoms with E-state index in [4.69, 9.17) is 0 Å². The van der Waals surface area contributed by atoms with Gasteiger partial charge < -0.3 is 10.6 Å². The van der Waals surface area contributed by atoms with Crippen molar-refractivity contribution in [1.82, 2.24) is 16.4 Å². The van der Waals surface area contributed by atoms with Crippen molar-refractivity contribution in [2.75, 3.05) is 10.6 Å².